The minimum Gasteiger partial charge on any atom is -0.316 e. The highest BCUT2D eigenvalue weighted by molar-refractivity contribution is 8.56. The van der Waals surface area contributed by atoms with E-state index in [9.17, 15) is 9.46 Å². The quantitative estimate of drug-likeness (QED) is 0.244. The molecule has 3 atom stereocenters. The van der Waals surface area contributed by atoms with Crippen molar-refractivity contribution < 1.29 is 13.4 Å². The molecule has 0 radical (unpaired) electrons. The first-order chi connectivity index (χ1) is 10.5. The van der Waals surface area contributed by atoms with Crippen LogP contribution in [0, 0.1) is 0 Å². The lowest BCUT2D eigenvalue weighted by Gasteiger charge is -2.20. The van der Waals surface area contributed by atoms with E-state index in [4.69, 9.17) is 3.97 Å². The summed E-state index contributed by atoms with van der Waals surface area (Å²) in [6.07, 6.45) is 10.8. The summed E-state index contributed by atoms with van der Waals surface area (Å²) in [5, 5.41) is 0.577. The smallest absolute Gasteiger partial charge is 0.316 e. The summed E-state index contributed by atoms with van der Waals surface area (Å²) in [4.78, 5) is 10.1. The van der Waals surface area contributed by atoms with E-state index >= 15 is 0 Å². The van der Waals surface area contributed by atoms with E-state index in [1.807, 2.05) is 0 Å². The fraction of sp³-hybridized carbons (Fsp3) is 1.00. The molecule has 0 rings (SSSR count). The fourth-order valence-corrected chi connectivity index (χ4v) is 7.36. The van der Waals surface area contributed by atoms with Crippen LogP contribution in [0.5, 0.6) is 0 Å². The van der Waals surface area contributed by atoms with Crippen molar-refractivity contribution in [2.75, 3.05) is 0 Å². The van der Waals surface area contributed by atoms with Gasteiger partial charge < -0.3 is 4.89 Å². The Bertz CT molecular complexity index is 303. The maximum absolute atomic E-state index is 12.3. The van der Waals surface area contributed by atoms with Crippen LogP contribution in [0.3, 0.4) is 0 Å². The van der Waals surface area contributed by atoms with Crippen LogP contribution in [-0.4, -0.2) is 15.4 Å². The van der Waals surface area contributed by atoms with E-state index in [-0.39, 0.29) is 5.25 Å². The Morgan fingerprint density at radius 3 is 1.86 bits per heavy atom. The van der Waals surface area contributed by atoms with Crippen LogP contribution in [0.2, 0.25) is 0 Å². The lowest BCUT2D eigenvalue weighted by molar-refractivity contribution is 0.421. The van der Waals surface area contributed by atoms with E-state index in [0.717, 1.165) is 75.6 Å². The third kappa shape index (κ3) is 12.3. The summed E-state index contributed by atoms with van der Waals surface area (Å²) in [5.74, 6) is 0. The van der Waals surface area contributed by atoms with Gasteiger partial charge in [-0.05, 0) is 37.1 Å². The number of hydrogen-bond acceptors (Lipinski definition) is 4. The van der Waals surface area contributed by atoms with Crippen LogP contribution in [0.15, 0.2) is 0 Å². The van der Waals surface area contributed by atoms with Gasteiger partial charge in [-0.25, -0.2) is 8.54 Å². The first-order valence-corrected chi connectivity index (χ1v) is 12.7. The summed E-state index contributed by atoms with van der Waals surface area (Å²) in [6.45, 7) is 5.05. The molecule has 0 bridgehead atoms. The Hall–Kier alpha value is 0.850. The molecule has 0 saturated carbocycles. The van der Waals surface area contributed by atoms with Gasteiger partial charge in [0.2, 0.25) is 0 Å². The molecule has 0 aliphatic rings. The zero-order valence-corrected chi connectivity index (χ0v) is 17.3. The highest BCUT2D eigenvalue weighted by atomic mass is 32.7. The second-order valence-corrected chi connectivity index (χ2v) is 11.1. The third-order valence-electron chi connectivity index (χ3n) is 3.54. The molecule has 134 valence electrons. The second kappa shape index (κ2) is 14.2. The van der Waals surface area contributed by atoms with Crippen LogP contribution in [0.25, 0.3) is 0 Å². The molecule has 0 aromatic rings. The largest absolute Gasteiger partial charge is 0.397 e. The lowest BCUT2D eigenvalue weighted by atomic mass is 10.1. The Morgan fingerprint density at radius 2 is 1.36 bits per heavy atom. The van der Waals surface area contributed by atoms with Gasteiger partial charge in [-0.15, -0.1) is 0 Å². The topological polar surface area (TPSA) is 46.5 Å². The van der Waals surface area contributed by atoms with E-state index in [0.29, 0.717) is 5.25 Å². The van der Waals surface area contributed by atoms with E-state index < -0.39 is 6.80 Å². The molecule has 0 amide bonds. The number of hydrogen-bond donors (Lipinski definition) is 1. The highest BCUT2D eigenvalue weighted by Crippen LogP contribution is 2.62. The van der Waals surface area contributed by atoms with Gasteiger partial charge in [-0.2, -0.15) is 0 Å². The molecular weight excluding hydrogens is 335 g/mol. The van der Waals surface area contributed by atoms with E-state index in [2.05, 4.69) is 27.7 Å². The summed E-state index contributed by atoms with van der Waals surface area (Å²) >= 11 is 2.41. The lowest BCUT2D eigenvalue weighted by Crippen LogP contribution is -2.04. The molecule has 0 aromatic carbocycles. The third-order valence-corrected chi connectivity index (χ3v) is 8.65. The van der Waals surface area contributed by atoms with Gasteiger partial charge in [-0.1, -0.05) is 66.2 Å². The molecule has 1 N–H and O–H groups in total. The average Bonchev–Trinajstić information content (AvgIpc) is 2.47. The van der Waals surface area contributed by atoms with Crippen molar-refractivity contribution in [3.63, 3.8) is 0 Å². The zero-order chi connectivity index (χ0) is 16.8. The van der Waals surface area contributed by atoms with Crippen molar-refractivity contribution in [1.82, 2.24) is 0 Å². The van der Waals surface area contributed by atoms with Crippen molar-refractivity contribution in [2.24, 2.45) is 0 Å². The standard InChI is InChI=1S/C16H35O3PS2/c1-5-9-13-15(11-7-3)21-19-20(17,18)22-16(12-8-4)14-10-6-2/h15-16H,5-14H2,1-4H3,(H,17,18). The van der Waals surface area contributed by atoms with Crippen LogP contribution >= 0.6 is 30.2 Å². The van der Waals surface area contributed by atoms with Gasteiger partial charge in [0, 0.05) is 22.5 Å². The maximum Gasteiger partial charge on any atom is 0.397 e. The van der Waals surface area contributed by atoms with Crippen LogP contribution in [0.4, 0.5) is 0 Å². The molecule has 0 aliphatic heterocycles. The molecular formula is C16H35O3PS2. The summed E-state index contributed by atoms with van der Waals surface area (Å²) in [7, 11) is 0. The van der Waals surface area contributed by atoms with E-state index in [1.165, 1.54) is 12.0 Å². The van der Waals surface area contributed by atoms with Gasteiger partial charge in [0.25, 0.3) is 0 Å². The number of unbranched alkanes of at least 4 members (excludes halogenated alkanes) is 2. The average molecular weight is 371 g/mol. The predicted molar refractivity (Wildman–Crippen MR) is 103 cm³/mol. The molecule has 0 saturated heterocycles. The fourth-order valence-electron chi connectivity index (χ4n) is 2.32. The normalized spacial score (nSPS) is 17.1. The monoisotopic (exact) mass is 370 g/mol. The molecule has 0 aromatic heterocycles. The Kier molecular flexibility index (Phi) is 14.8. The molecule has 0 heterocycles. The van der Waals surface area contributed by atoms with Gasteiger partial charge in [-0.3, -0.25) is 0 Å². The summed E-state index contributed by atoms with van der Waals surface area (Å²) in [5.41, 5.74) is 0. The Morgan fingerprint density at radius 1 is 0.864 bits per heavy atom. The van der Waals surface area contributed by atoms with Crippen molar-refractivity contribution in [3.8, 4) is 0 Å². The molecule has 22 heavy (non-hydrogen) atoms. The second-order valence-electron chi connectivity index (χ2n) is 5.85. The first-order valence-electron chi connectivity index (χ1n) is 8.85. The molecule has 0 aliphatic carbocycles. The Labute approximate surface area is 146 Å². The molecule has 0 spiro atoms. The summed E-state index contributed by atoms with van der Waals surface area (Å²) < 4.78 is 17.7. The first kappa shape index (κ1) is 22.9. The van der Waals surface area contributed by atoms with Crippen molar-refractivity contribution >= 4 is 30.2 Å². The van der Waals surface area contributed by atoms with Crippen molar-refractivity contribution in [3.05, 3.63) is 0 Å². The number of rotatable bonds is 15. The molecule has 3 nitrogen and oxygen atoms in total. The molecule has 0 fully saturated rings. The SMILES string of the molecule is CCCCC(CCC)SOP(=O)(O)SC(CCC)CCCC. The maximum atomic E-state index is 12.3. The highest BCUT2D eigenvalue weighted by Gasteiger charge is 2.28. The van der Waals surface area contributed by atoms with E-state index in [1.54, 1.807) is 0 Å². The van der Waals surface area contributed by atoms with Gasteiger partial charge in [0.15, 0.2) is 0 Å². The zero-order valence-electron chi connectivity index (χ0n) is 14.8. The van der Waals surface area contributed by atoms with Crippen LogP contribution < -0.4 is 0 Å². The summed E-state index contributed by atoms with van der Waals surface area (Å²) in [6, 6.07) is 0. The van der Waals surface area contributed by atoms with Crippen molar-refractivity contribution in [2.45, 2.75) is 102 Å². The van der Waals surface area contributed by atoms with Gasteiger partial charge >= 0.3 is 6.80 Å². The minimum atomic E-state index is -3.55. The van der Waals surface area contributed by atoms with Gasteiger partial charge in [0.05, 0.1) is 0 Å². The van der Waals surface area contributed by atoms with Crippen LogP contribution in [0.1, 0.15) is 91.9 Å². The minimum absolute atomic E-state index is 0.238. The van der Waals surface area contributed by atoms with Gasteiger partial charge in [0.1, 0.15) is 0 Å². The predicted octanol–water partition coefficient (Wildman–Crippen LogP) is 7.20. The van der Waals surface area contributed by atoms with Crippen LogP contribution in [-0.2, 0) is 8.54 Å². The van der Waals surface area contributed by atoms with Crippen molar-refractivity contribution in [1.29, 1.82) is 0 Å². The molecule has 6 heteroatoms. The molecule has 3 unspecified atom stereocenters. The Balaban J connectivity index is 4.34.